The van der Waals surface area contributed by atoms with Crippen molar-refractivity contribution in [1.82, 2.24) is 15.6 Å². The Balaban J connectivity index is 1.34. The van der Waals surface area contributed by atoms with Gasteiger partial charge >= 0.3 is 6.03 Å². The van der Waals surface area contributed by atoms with E-state index in [1.807, 2.05) is 29.6 Å². The predicted molar refractivity (Wildman–Crippen MR) is 141 cm³/mol. The van der Waals surface area contributed by atoms with E-state index >= 15 is 0 Å². The lowest BCUT2D eigenvalue weighted by atomic mass is 9.82. The lowest BCUT2D eigenvalue weighted by Gasteiger charge is -2.29. The molecule has 0 saturated carbocycles. The van der Waals surface area contributed by atoms with Gasteiger partial charge in [-0.3, -0.25) is 5.32 Å². The molecule has 0 atom stereocenters. The summed E-state index contributed by atoms with van der Waals surface area (Å²) in [5, 5.41) is 12.3. The van der Waals surface area contributed by atoms with Crippen molar-refractivity contribution in [1.29, 1.82) is 0 Å². The highest BCUT2D eigenvalue weighted by molar-refractivity contribution is 9.10. The minimum absolute atomic E-state index is 0.271. The molecule has 33 heavy (non-hydrogen) atoms. The maximum atomic E-state index is 12.5. The Morgan fingerprint density at radius 1 is 1.21 bits per heavy atom. The van der Waals surface area contributed by atoms with Crippen LogP contribution in [-0.2, 0) is 12.0 Å². The van der Waals surface area contributed by atoms with Gasteiger partial charge in [0.15, 0.2) is 5.13 Å². The largest absolute Gasteiger partial charge is 0.369 e. The molecule has 1 fully saturated rings. The molecule has 0 spiro atoms. The molecule has 2 amide bonds. The van der Waals surface area contributed by atoms with E-state index in [4.69, 9.17) is 11.6 Å². The molecule has 9 heteroatoms. The van der Waals surface area contributed by atoms with Gasteiger partial charge in [-0.1, -0.05) is 59.6 Å². The first kappa shape index (κ1) is 24.0. The molecular formula is C24H27BrClN5OS. The molecule has 2 heterocycles. The van der Waals surface area contributed by atoms with Crippen molar-refractivity contribution >= 4 is 55.7 Å². The lowest BCUT2D eigenvalue weighted by Crippen LogP contribution is -2.43. The number of hydrogen-bond acceptors (Lipinski definition) is 5. The van der Waals surface area contributed by atoms with E-state index in [1.54, 1.807) is 0 Å². The van der Waals surface area contributed by atoms with E-state index < -0.39 is 0 Å². The Labute approximate surface area is 211 Å². The van der Waals surface area contributed by atoms with E-state index in [0.717, 1.165) is 53.2 Å². The van der Waals surface area contributed by atoms with Crippen molar-refractivity contribution < 1.29 is 4.79 Å². The third-order valence-corrected chi connectivity index (χ3v) is 7.53. The van der Waals surface area contributed by atoms with Gasteiger partial charge in [0.05, 0.1) is 5.69 Å². The van der Waals surface area contributed by atoms with Gasteiger partial charge in [0.1, 0.15) is 0 Å². The number of thiazole rings is 1. The number of urea groups is 1. The Bertz CT molecular complexity index is 1110. The first-order valence-electron chi connectivity index (χ1n) is 10.8. The summed E-state index contributed by atoms with van der Waals surface area (Å²) < 4.78 is 1.04. The van der Waals surface area contributed by atoms with Gasteiger partial charge in [0, 0.05) is 58.7 Å². The van der Waals surface area contributed by atoms with Gasteiger partial charge in [-0.2, -0.15) is 0 Å². The number of hydrogen-bond donors (Lipinski definition) is 3. The smallest absolute Gasteiger partial charge is 0.321 e. The summed E-state index contributed by atoms with van der Waals surface area (Å²) >= 11 is 11.4. The first-order valence-corrected chi connectivity index (χ1v) is 12.9. The van der Waals surface area contributed by atoms with Crippen molar-refractivity contribution in [2.75, 3.05) is 36.4 Å². The quantitative estimate of drug-likeness (QED) is 0.374. The zero-order valence-corrected chi connectivity index (χ0v) is 21.8. The Hall–Kier alpha value is -2.13. The second-order valence-electron chi connectivity index (χ2n) is 8.49. The van der Waals surface area contributed by atoms with Crippen LogP contribution >= 0.6 is 38.9 Å². The third-order valence-electron chi connectivity index (χ3n) is 5.89. The number of nitrogens with one attached hydrogen (secondary N) is 3. The average molecular weight is 549 g/mol. The Morgan fingerprint density at radius 3 is 2.64 bits per heavy atom. The number of carbonyl (C=O) groups is 1. The van der Waals surface area contributed by atoms with Gasteiger partial charge < -0.3 is 15.5 Å². The molecule has 1 aliphatic heterocycles. The van der Waals surface area contributed by atoms with Crippen molar-refractivity contribution in [3.63, 3.8) is 0 Å². The van der Waals surface area contributed by atoms with Gasteiger partial charge in [0.25, 0.3) is 0 Å². The molecule has 4 rings (SSSR count). The van der Waals surface area contributed by atoms with Crippen LogP contribution in [0.2, 0.25) is 5.02 Å². The number of carbonyl (C=O) groups excluding carboxylic acids is 1. The number of piperazine rings is 1. The van der Waals surface area contributed by atoms with E-state index in [2.05, 4.69) is 73.8 Å². The zero-order chi connectivity index (χ0) is 23.4. The molecule has 3 N–H and O–H groups in total. The molecule has 1 aliphatic rings. The number of rotatable bonds is 6. The Morgan fingerprint density at radius 2 is 1.94 bits per heavy atom. The number of nitrogens with zero attached hydrogens (tertiary/aromatic N) is 2. The van der Waals surface area contributed by atoms with Crippen molar-refractivity contribution in [2.45, 2.75) is 25.8 Å². The normalized spacial score (nSPS) is 14.2. The molecule has 1 saturated heterocycles. The number of halogens is 2. The highest BCUT2D eigenvalue weighted by atomic mass is 79.9. The minimum atomic E-state index is -0.306. The number of aromatic nitrogens is 1. The highest BCUT2D eigenvalue weighted by Gasteiger charge is 2.26. The van der Waals surface area contributed by atoms with E-state index in [-0.39, 0.29) is 11.4 Å². The number of anilines is 2. The maximum absolute atomic E-state index is 12.5. The van der Waals surface area contributed by atoms with Gasteiger partial charge in [-0.15, -0.1) is 11.3 Å². The third kappa shape index (κ3) is 5.87. The molecule has 1 aromatic heterocycles. The fraction of sp³-hybridized carbons (Fsp3) is 0.333. The van der Waals surface area contributed by atoms with Crippen molar-refractivity contribution in [3.8, 4) is 0 Å². The monoisotopic (exact) mass is 547 g/mol. The van der Waals surface area contributed by atoms with Crippen LogP contribution in [0.4, 0.5) is 15.6 Å². The SMILES string of the molecule is CC(C)(c1ccc(Br)cc1)c1csc(NC(=O)NCc2ccc(N3CCNCC3)cc2Cl)n1. The predicted octanol–water partition coefficient (Wildman–Crippen LogP) is 5.62. The molecule has 6 nitrogen and oxygen atoms in total. The van der Waals surface area contributed by atoms with E-state index in [0.29, 0.717) is 16.7 Å². The Kier molecular flexibility index (Phi) is 7.58. The minimum Gasteiger partial charge on any atom is -0.369 e. The molecule has 2 aromatic carbocycles. The summed E-state index contributed by atoms with van der Waals surface area (Å²) in [6.07, 6.45) is 0. The first-order chi connectivity index (χ1) is 15.8. The van der Waals surface area contributed by atoms with E-state index in [1.165, 1.54) is 11.3 Å². The molecular weight excluding hydrogens is 522 g/mol. The second-order valence-corrected chi connectivity index (χ2v) is 10.7. The maximum Gasteiger partial charge on any atom is 0.321 e. The highest BCUT2D eigenvalue weighted by Crippen LogP contribution is 2.34. The fourth-order valence-electron chi connectivity index (χ4n) is 3.75. The summed E-state index contributed by atoms with van der Waals surface area (Å²) in [6, 6.07) is 13.9. The van der Waals surface area contributed by atoms with Crippen LogP contribution in [0.5, 0.6) is 0 Å². The zero-order valence-electron chi connectivity index (χ0n) is 18.6. The average Bonchev–Trinajstić information content (AvgIpc) is 3.28. The van der Waals surface area contributed by atoms with Crippen LogP contribution in [0, 0.1) is 0 Å². The summed E-state index contributed by atoms with van der Waals surface area (Å²) in [7, 11) is 0. The van der Waals surface area contributed by atoms with Crippen LogP contribution in [0.25, 0.3) is 0 Å². The van der Waals surface area contributed by atoms with Gasteiger partial charge in [-0.25, -0.2) is 9.78 Å². The summed E-state index contributed by atoms with van der Waals surface area (Å²) in [4.78, 5) is 19.4. The summed E-state index contributed by atoms with van der Waals surface area (Å²) in [5.74, 6) is 0. The number of benzene rings is 2. The van der Waals surface area contributed by atoms with Crippen LogP contribution in [0.1, 0.15) is 30.7 Å². The van der Waals surface area contributed by atoms with Crippen LogP contribution in [0.15, 0.2) is 52.3 Å². The van der Waals surface area contributed by atoms with Crippen LogP contribution in [0.3, 0.4) is 0 Å². The second kappa shape index (κ2) is 10.4. The summed E-state index contributed by atoms with van der Waals surface area (Å²) in [5.41, 5.74) is 3.79. The van der Waals surface area contributed by atoms with Crippen LogP contribution < -0.4 is 20.9 Å². The molecule has 0 aliphatic carbocycles. The summed E-state index contributed by atoms with van der Waals surface area (Å²) in [6.45, 7) is 8.47. The van der Waals surface area contributed by atoms with Gasteiger partial charge in [-0.05, 0) is 35.4 Å². The van der Waals surface area contributed by atoms with Gasteiger partial charge in [0.2, 0.25) is 0 Å². The molecule has 174 valence electrons. The molecule has 0 radical (unpaired) electrons. The molecule has 3 aromatic rings. The number of amides is 2. The van der Waals surface area contributed by atoms with Crippen molar-refractivity contribution in [3.05, 3.63) is 74.2 Å². The topological polar surface area (TPSA) is 69.3 Å². The standard InChI is InChI=1S/C24H27BrClN5OS/c1-24(2,17-4-6-18(25)7-5-17)21-15-33-23(29-21)30-22(32)28-14-16-3-8-19(13-20(16)26)31-11-9-27-10-12-31/h3-8,13,15,27H,9-12,14H2,1-2H3,(H2,28,29,30,32). The van der Waals surface area contributed by atoms with E-state index in [9.17, 15) is 4.79 Å². The van der Waals surface area contributed by atoms with Crippen LogP contribution in [-0.4, -0.2) is 37.2 Å². The molecule has 0 unspecified atom stereocenters. The lowest BCUT2D eigenvalue weighted by molar-refractivity contribution is 0.251. The fourth-order valence-corrected chi connectivity index (χ4v) is 5.13. The molecule has 0 bridgehead atoms. The van der Waals surface area contributed by atoms with Crippen molar-refractivity contribution in [2.24, 2.45) is 0 Å².